The second-order valence-electron chi connectivity index (χ2n) is 4.35. The minimum atomic E-state index is -0.170. The standard InChI is InChI=1S/C14H13N3S/c1-9-4-10(7-16-6-9)14(15)11-5-13-12(17-8-11)2-3-18-13/h2-8,14H,15H2,1H3. The van der Waals surface area contributed by atoms with Crippen LogP contribution in [0.5, 0.6) is 0 Å². The lowest BCUT2D eigenvalue weighted by Gasteiger charge is -2.12. The van der Waals surface area contributed by atoms with Gasteiger partial charge in [-0.05, 0) is 41.1 Å². The Hall–Kier alpha value is -1.78. The van der Waals surface area contributed by atoms with Gasteiger partial charge in [-0.3, -0.25) is 9.97 Å². The number of rotatable bonds is 2. The van der Waals surface area contributed by atoms with Gasteiger partial charge in [0.15, 0.2) is 0 Å². The molecule has 0 aromatic carbocycles. The van der Waals surface area contributed by atoms with Gasteiger partial charge >= 0.3 is 0 Å². The summed E-state index contributed by atoms with van der Waals surface area (Å²) in [6.45, 7) is 2.02. The fourth-order valence-corrected chi connectivity index (χ4v) is 2.76. The first-order chi connectivity index (χ1) is 8.74. The van der Waals surface area contributed by atoms with Crippen molar-refractivity contribution in [2.24, 2.45) is 5.73 Å². The van der Waals surface area contributed by atoms with Crippen molar-refractivity contribution >= 4 is 21.6 Å². The molecular formula is C14H13N3S. The number of aryl methyl sites for hydroxylation is 1. The van der Waals surface area contributed by atoms with Gasteiger partial charge in [-0.2, -0.15) is 0 Å². The van der Waals surface area contributed by atoms with E-state index in [4.69, 9.17) is 5.73 Å². The zero-order valence-electron chi connectivity index (χ0n) is 10.00. The smallest absolute Gasteiger partial charge is 0.0809 e. The summed E-state index contributed by atoms with van der Waals surface area (Å²) < 4.78 is 1.17. The maximum absolute atomic E-state index is 6.27. The van der Waals surface area contributed by atoms with E-state index in [1.165, 1.54) is 4.70 Å². The molecule has 0 spiro atoms. The average molecular weight is 255 g/mol. The molecule has 1 atom stereocenters. The lowest BCUT2D eigenvalue weighted by molar-refractivity contribution is 0.857. The van der Waals surface area contributed by atoms with E-state index in [-0.39, 0.29) is 6.04 Å². The minimum Gasteiger partial charge on any atom is -0.320 e. The molecule has 0 fully saturated rings. The third-order valence-corrected chi connectivity index (χ3v) is 3.79. The van der Waals surface area contributed by atoms with Crippen molar-refractivity contribution in [1.82, 2.24) is 9.97 Å². The van der Waals surface area contributed by atoms with Gasteiger partial charge in [0.2, 0.25) is 0 Å². The quantitative estimate of drug-likeness (QED) is 0.765. The fraction of sp³-hybridized carbons (Fsp3) is 0.143. The molecule has 3 aromatic rings. The highest BCUT2D eigenvalue weighted by molar-refractivity contribution is 7.17. The van der Waals surface area contributed by atoms with Crippen LogP contribution in [0.1, 0.15) is 22.7 Å². The van der Waals surface area contributed by atoms with Crippen LogP contribution in [0.25, 0.3) is 10.2 Å². The minimum absolute atomic E-state index is 0.170. The number of aromatic nitrogens is 2. The number of pyridine rings is 2. The Bertz CT molecular complexity index is 690. The second-order valence-corrected chi connectivity index (χ2v) is 5.29. The zero-order valence-corrected chi connectivity index (χ0v) is 10.8. The maximum Gasteiger partial charge on any atom is 0.0809 e. The van der Waals surface area contributed by atoms with Crippen LogP contribution in [0.2, 0.25) is 0 Å². The summed E-state index contributed by atoms with van der Waals surface area (Å²) in [5, 5.41) is 2.04. The van der Waals surface area contributed by atoms with Crippen LogP contribution in [0.4, 0.5) is 0 Å². The molecule has 18 heavy (non-hydrogen) atoms. The number of nitrogens with zero attached hydrogens (tertiary/aromatic N) is 2. The first-order valence-corrected chi connectivity index (χ1v) is 6.62. The molecule has 90 valence electrons. The number of hydrogen-bond acceptors (Lipinski definition) is 4. The highest BCUT2D eigenvalue weighted by Gasteiger charge is 2.11. The van der Waals surface area contributed by atoms with Gasteiger partial charge in [0.1, 0.15) is 0 Å². The van der Waals surface area contributed by atoms with Gasteiger partial charge < -0.3 is 5.73 Å². The molecule has 4 heteroatoms. The Morgan fingerprint density at radius 2 is 2.00 bits per heavy atom. The number of hydrogen-bond donors (Lipinski definition) is 1. The highest BCUT2D eigenvalue weighted by atomic mass is 32.1. The van der Waals surface area contributed by atoms with E-state index in [0.29, 0.717) is 0 Å². The molecule has 0 aliphatic rings. The third kappa shape index (κ3) is 2.00. The molecule has 0 saturated heterocycles. The van der Waals surface area contributed by atoms with Crippen molar-refractivity contribution in [3.8, 4) is 0 Å². The lowest BCUT2D eigenvalue weighted by atomic mass is 10.0. The average Bonchev–Trinajstić information content (AvgIpc) is 2.85. The van der Waals surface area contributed by atoms with Crippen molar-refractivity contribution in [2.75, 3.05) is 0 Å². The van der Waals surface area contributed by atoms with Gasteiger partial charge in [0, 0.05) is 18.6 Å². The van der Waals surface area contributed by atoms with Crippen molar-refractivity contribution < 1.29 is 0 Å². The zero-order chi connectivity index (χ0) is 12.5. The first-order valence-electron chi connectivity index (χ1n) is 5.74. The van der Waals surface area contributed by atoms with E-state index in [0.717, 1.165) is 22.2 Å². The van der Waals surface area contributed by atoms with Crippen LogP contribution in [-0.4, -0.2) is 9.97 Å². The fourth-order valence-electron chi connectivity index (χ4n) is 1.97. The monoisotopic (exact) mass is 255 g/mol. The normalized spacial score (nSPS) is 12.8. The van der Waals surface area contributed by atoms with Gasteiger partial charge in [-0.1, -0.05) is 6.07 Å². The SMILES string of the molecule is Cc1cncc(C(N)c2cnc3ccsc3c2)c1. The Morgan fingerprint density at radius 3 is 2.83 bits per heavy atom. The van der Waals surface area contributed by atoms with Crippen molar-refractivity contribution in [2.45, 2.75) is 13.0 Å². The molecule has 1 unspecified atom stereocenters. The molecule has 0 aliphatic heterocycles. The molecule has 0 bridgehead atoms. The third-order valence-electron chi connectivity index (χ3n) is 2.94. The van der Waals surface area contributed by atoms with E-state index in [2.05, 4.69) is 22.1 Å². The van der Waals surface area contributed by atoms with Crippen LogP contribution in [0.15, 0.2) is 42.2 Å². The molecule has 3 heterocycles. The van der Waals surface area contributed by atoms with Crippen molar-refractivity contribution in [3.63, 3.8) is 0 Å². The molecule has 3 rings (SSSR count). The highest BCUT2D eigenvalue weighted by Crippen LogP contribution is 2.25. The summed E-state index contributed by atoms with van der Waals surface area (Å²) in [4.78, 5) is 8.61. The molecule has 2 N–H and O–H groups in total. The Kier molecular flexibility index (Phi) is 2.81. The predicted molar refractivity (Wildman–Crippen MR) is 74.6 cm³/mol. The van der Waals surface area contributed by atoms with Gasteiger partial charge in [0.05, 0.1) is 16.3 Å². The summed E-state index contributed by atoms with van der Waals surface area (Å²) in [5.74, 6) is 0. The van der Waals surface area contributed by atoms with Crippen LogP contribution < -0.4 is 5.73 Å². The molecule has 0 saturated carbocycles. The lowest BCUT2D eigenvalue weighted by Crippen LogP contribution is -2.12. The van der Waals surface area contributed by atoms with E-state index < -0.39 is 0 Å². The molecule has 0 radical (unpaired) electrons. The first kappa shape index (κ1) is 11.3. The Morgan fingerprint density at radius 1 is 1.17 bits per heavy atom. The Labute approximate surface area is 109 Å². The second kappa shape index (κ2) is 4.48. The molecular weight excluding hydrogens is 242 g/mol. The largest absolute Gasteiger partial charge is 0.320 e. The van der Waals surface area contributed by atoms with E-state index in [1.54, 1.807) is 11.3 Å². The molecule has 3 aromatic heterocycles. The molecule has 3 nitrogen and oxygen atoms in total. The topological polar surface area (TPSA) is 51.8 Å². The van der Waals surface area contributed by atoms with Crippen molar-refractivity contribution in [3.05, 3.63) is 58.9 Å². The van der Waals surface area contributed by atoms with Crippen LogP contribution in [-0.2, 0) is 0 Å². The summed E-state index contributed by atoms with van der Waals surface area (Å²) in [6.07, 6.45) is 5.50. The van der Waals surface area contributed by atoms with Gasteiger partial charge in [0.25, 0.3) is 0 Å². The number of nitrogens with two attached hydrogens (primary N) is 1. The predicted octanol–water partition coefficient (Wildman–Crippen LogP) is 3.05. The van der Waals surface area contributed by atoms with Gasteiger partial charge in [-0.25, -0.2) is 0 Å². The van der Waals surface area contributed by atoms with Crippen molar-refractivity contribution in [1.29, 1.82) is 0 Å². The maximum atomic E-state index is 6.27. The van der Waals surface area contributed by atoms with Crippen LogP contribution in [0.3, 0.4) is 0 Å². The summed E-state index contributed by atoms with van der Waals surface area (Å²) >= 11 is 1.68. The van der Waals surface area contributed by atoms with Crippen LogP contribution >= 0.6 is 11.3 Å². The van der Waals surface area contributed by atoms with E-state index >= 15 is 0 Å². The van der Waals surface area contributed by atoms with Gasteiger partial charge in [-0.15, -0.1) is 11.3 Å². The molecule has 0 aliphatic carbocycles. The Balaban J connectivity index is 2.02. The van der Waals surface area contributed by atoms with E-state index in [9.17, 15) is 0 Å². The molecule has 0 amide bonds. The number of fused-ring (bicyclic) bond motifs is 1. The van der Waals surface area contributed by atoms with E-state index in [1.807, 2.05) is 37.0 Å². The summed E-state index contributed by atoms with van der Waals surface area (Å²) in [5.41, 5.74) is 10.5. The van der Waals surface area contributed by atoms with Crippen LogP contribution in [0, 0.1) is 6.92 Å². The summed E-state index contributed by atoms with van der Waals surface area (Å²) in [7, 11) is 0. The number of thiophene rings is 1. The summed E-state index contributed by atoms with van der Waals surface area (Å²) in [6, 6.07) is 6.02.